The molecule has 0 heterocycles. The number of hydrogen-bond donors (Lipinski definition) is 2. The summed E-state index contributed by atoms with van der Waals surface area (Å²) in [6.45, 7) is 7.78. The van der Waals surface area contributed by atoms with Gasteiger partial charge in [0.25, 0.3) is 0 Å². The van der Waals surface area contributed by atoms with Crippen LogP contribution in [0.1, 0.15) is 34.1 Å². The normalized spacial score (nSPS) is 14.9. The topological polar surface area (TPSA) is 63.6 Å². The molecule has 0 amide bonds. The van der Waals surface area contributed by atoms with E-state index in [9.17, 15) is 9.59 Å². The van der Waals surface area contributed by atoms with Gasteiger partial charge < -0.3 is 9.84 Å². The summed E-state index contributed by atoms with van der Waals surface area (Å²) in [4.78, 5) is 22.6. The lowest BCUT2D eigenvalue weighted by Gasteiger charge is -2.24. The number of rotatable bonds is 8. The summed E-state index contributed by atoms with van der Waals surface area (Å²) in [6, 6.07) is 0. The maximum atomic E-state index is 11.5. The number of carbonyl (C=O) groups excluding carboxylic acids is 1. The Hall–Kier alpha value is -0.360. The molecule has 0 aromatic heterocycles. The second-order valence-corrected chi connectivity index (χ2v) is 6.86. The number of carboxylic acid groups (broad SMARTS) is 1. The molecule has 2 atom stereocenters. The molecular weight excluding hydrogens is 272 g/mol. The van der Waals surface area contributed by atoms with E-state index in [1.807, 2.05) is 20.8 Å². The van der Waals surface area contributed by atoms with E-state index in [-0.39, 0.29) is 16.4 Å². The smallest absolute Gasteiger partial charge is 0.345 e. The van der Waals surface area contributed by atoms with Crippen molar-refractivity contribution in [3.8, 4) is 0 Å². The second-order valence-electron chi connectivity index (χ2n) is 4.77. The van der Waals surface area contributed by atoms with Gasteiger partial charge in [-0.1, -0.05) is 27.7 Å². The number of esters is 1. The third-order valence-electron chi connectivity index (χ3n) is 2.69. The van der Waals surface area contributed by atoms with E-state index in [1.165, 1.54) is 11.8 Å². The van der Waals surface area contributed by atoms with Crippen molar-refractivity contribution in [2.45, 2.75) is 45.0 Å². The van der Waals surface area contributed by atoms with E-state index in [0.717, 1.165) is 6.42 Å². The average molecular weight is 294 g/mol. The zero-order chi connectivity index (χ0) is 14.3. The Kier molecular flexibility index (Phi) is 7.78. The monoisotopic (exact) mass is 294 g/mol. The van der Waals surface area contributed by atoms with Crippen LogP contribution in [0, 0.1) is 5.92 Å². The van der Waals surface area contributed by atoms with E-state index >= 15 is 0 Å². The van der Waals surface area contributed by atoms with Crippen molar-refractivity contribution in [3.05, 3.63) is 0 Å². The first-order valence-electron chi connectivity index (χ1n) is 5.91. The minimum absolute atomic E-state index is 0.0186. The maximum Gasteiger partial charge on any atom is 0.345 e. The van der Waals surface area contributed by atoms with Crippen molar-refractivity contribution in [2.24, 2.45) is 5.92 Å². The second kappa shape index (κ2) is 7.94. The van der Waals surface area contributed by atoms with Gasteiger partial charge in [0, 0.05) is 16.3 Å². The molecule has 0 aromatic rings. The van der Waals surface area contributed by atoms with Crippen LogP contribution in [0.3, 0.4) is 0 Å². The summed E-state index contributed by atoms with van der Waals surface area (Å²) < 4.78 is 4.98. The third-order valence-corrected chi connectivity index (χ3v) is 4.77. The molecule has 0 fully saturated rings. The van der Waals surface area contributed by atoms with Crippen molar-refractivity contribution >= 4 is 36.3 Å². The molecule has 106 valence electrons. The molecule has 0 aliphatic heterocycles. The quantitative estimate of drug-likeness (QED) is 0.532. The lowest BCUT2D eigenvalue weighted by atomic mass is 10.1. The highest BCUT2D eigenvalue weighted by atomic mass is 32.2. The van der Waals surface area contributed by atoms with Crippen molar-refractivity contribution in [1.82, 2.24) is 0 Å². The first-order valence-corrected chi connectivity index (χ1v) is 7.53. The van der Waals surface area contributed by atoms with Crippen molar-refractivity contribution in [3.63, 3.8) is 0 Å². The number of thiol groups is 1. The first kappa shape index (κ1) is 17.6. The average Bonchev–Trinajstić information content (AvgIpc) is 2.32. The summed E-state index contributed by atoms with van der Waals surface area (Å²) >= 11 is 5.49. The van der Waals surface area contributed by atoms with Crippen LogP contribution in [0.5, 0.6) is 0 Å². The van der Waals surface area contributed by atoms with Gasteiger partial charge in [0.2, 0.25) is 6.10 Å². The van der Waals surface area contributed by atoms with Gasteiger partial charge in [-0.05, 0) is 6.42 Å². The van der Waals surface area contributed by atoms with Gasteiger partial charge in [-0.25, -0.2) is 4.79 Å². The number of carboxylic acids is 1. The summed E-state index contributed by atoms with van der Waals surface area (Å²) in [5.74, 6) is -1.39. The van der Waals surface area contributed by atoms with Crippen LogP contribution < -0.4 is 0 Å². The Morgan fingerprint density at radius 3 is 2.39 bits per heavy atom. The van der Waals surface area contributed by atoms with Crippen LogP contribution in [0.2, 0.25) is 0 Å². The molecule has 4 nitrogen and oxygen atoms in total. The zero-order valence-corrected chi connectivity index (χ0v) is 13.0. The maximum absolute atomic E-state index is 11.5. The Morgan fingerprint density at radius 2 is 2.00 bits per heavy atom. The predicted molar refractivity (Wildman–Crippen MR) is 77.4 cm³/mol. The minimum atomic E-state index is -1.10. The van der Waals surface area contributed by atoms with Gasteiger partial charge >= 0.3 is 11.9 Å². The third kappa shape index (κ3) is 6.54. The van der Waals surface area contributed by atoms with Crippen LogP contribution in [-0.2, 0) is 14.3 Å². The van der Waals surface area contributed by atoms with E-state index in [1.54, 1.807) is 6.92 Å². The van der Waals surface area contributed by atoms with Crippen LogP contribution in [-0.4, -0.2) is 39.4 Å². The highest BCUT2D eigenvalue weighted by Gasteiger charge is 2.27. The highest BCUT2D eigenvalue weighted by molar-refractivity contribution is 8.00. The van der Waals surface area contributed by atoms with E-state index in [2.05, 4.69) is 12.6 Å². The molecule has 0 aliphatic rings. The molecule has 0 bridgehead atoms. The fraction of sp³-hybridized carbons (Fsp3) is 0.833. The Labute approximate surface area is 118 Å². The van der Waals surface area contributed by atoms with Crippen molar-refractivity contribution < 1.29 is 19.4 Å². The number of hydrogen-bond acceptors (Lipinski definition) is 5. The van der Waals surface area contributed by atoms with Gasteiger partial charge in [-0.2, -0.15) is 24.4 Å². The molecule has 0 saturated heterocycles. The first-order chi connectivity index (χ1) is 8.23. The van der Waals surface area contributed by atoms with Gasteiger partial charge in [0.05, 0.1) is 5.92 Å². The number of ether oxygens (including phenoxy) is 1. The molecule has 1 unspecified atom stereocenters. The Bertz CT molecular complexity index is 292. The lowest BCUT2D eigenvalue weighted by molar-refractivity contribution is -0.164. The van der Waals surface area contributed by atoms with Gasteiger partial charge in [-0.3, -0.25) is 4.79 Å². The van der Waals surface area contributed by atoms with E-state index in [0.29, 0.717) is 5.75 Å². The largest absolute Gasteiger partial charge is 0.478 e. The highest BCUT2D eigenvalue weighted by Crippen LogP contribution is 2.28. The van der Waals surface area contributed by atoms with E-state index in [4.69, 9.17) is 9.84 Å². The Morgan fingerprint density at radius 1 is 1.44 bits per heavy atom. The standard InChI is InChI=1S/C12H22O4S2/c1-5-12(3,4)18-7-9(10(13)14)16-11(15)8(2)6-17/h8-9,17H,5-7H2,1-4H3,(H,13,14)/t8-,9?/m0/s1. The molecule has 0 radical (unpaired) electrons. The molecule has 0 spiro atoms. The summed E-state index contributed by atoms with van der Waals surface area (Å²) in [5, 5.41) is 9.04. The fourth-order valence-corrected chi connectivity index (χ4v) is 2.06. The predicted octanol–water partition coefficient (Wildman–Crippen LogP) is 2.47. The number of aliphatic carboxylic acids is 1. The van der Waals surface area contributed by atoms with Gasteiger partial charge in [-0.15, -0.1) is 0 Å². The molecule has 1 N–H and O–H groups in total. The van der Waals surface area contributed by atoms with Crippen molar-refractivity contribution in [1.29, 1.82) is 0 Å². The van der Waals surface area contributed by atoms with Crippen LogP contribution in [0.4, 0.5) is 0 Å². The molecule has 6 heteroatoms. The molecule has 0 saturated carbocycles. The lowest BCUT2D eigenvalue weighted by Crippen LogP contribution is -2.33. The summed E-state index contributed by atoms with van der Waals surface area (Å²) in [7, 11) is 0. The molecule has 0 rings (SSSR count). The SMILES string of the molecule is CCC(C)(C)SCC(OC(=O)[C@@H](C)CS)C(=O)O. The Balaban J connectivity index is 4.42. The van der Waals surface area contributed by atoms with Crippen LogP contribution in [0.15, 0.2) is 0 Å². The zero-order valence-electron chi connectivity index (χ0n) is 11.3. The summed E-state index contributed by atoms with van der Waals surface area (Å²) in [5.41, 5.74) is 0. The minimum Gasteiger partial charge on any atom is -0.478 e. The number of thioether (sulfide) groups is 1. The molecule has 0 aromatic carbocycles. The van der Waals surface area contributed by atoms with Crippen molar-refractivity contribution in [2.75, 3.05) is 11.5 Å². The molecule has 0 aliphatic carbocycles. The molecule has 18 heavy (non-hydrogen) atoms. The fourth-order valence-electron chi connectivity index (χ4n) is 0.890. The molecular formula is C12H22O4S2. The van der Waals surface area contributed by atoms with Gasteiger partial charge in [0.1, 0.15) is 0 Å². The number of carbonyl (C=O) groups is 2. The van der Waals surface area contributed by atoms with Crippen LogP contribution in [0.25, 0.3) is 0 Å². The van der Waals surface area contributed by atoms with Crippen LogP contribution >= 0.6 is 24.4 Å². The van der Waals surface area contributed by atoms with E-state index < -0.39 is 18.0 Å². The van der Waals surface area contributed by atoms with Gasteiger partial charge in [0.15, 0.2) is 0 Å². The summed E-state index contributed by atoms with van der Waals surface area (Å²) in [6.07, 6.45) is -0.166.